The van der Waals surface area contributed by atoms with Gasteiger partial charge in [-0.05, 0) is 78.0 Å². The fourth-order valence-electron chi connectivity index (χ4n) is 6.72. The zero-order chi connectivity index (χ0) is 26.0. The van der Waals surface area contributed by atoms with Crippen molar-refractivity contribution in [2.45, 2.75) is 103 Å². The van der Waals surface area contributed by atoms with E-state index < -0.39 is 0 Å². The van der Waals surface area contributed by atoms with E-state index in [9.17, 15) is 0 Å². The van der Waals surface area contributed by atoms with Crippen LogP contribution in [0.4, 0.5) is 0 Å². The lowest BCUT2D eigenvalue weighted by Crippen LogP contribution is -2.46. The SMILES string of the molecule is CC(C)(C)C(P)(c1ccc(-c2ccccc2)cc1CP(C1CCCCN1)C1CCCCN1)C(C)(C)C. The van der Waals surface area contributed by atoms with Crippen LogP contribution in [0.5, 0.6) is 0 Å². The van der Waals surface area contributed by atoms with Gasteiger partial charge < -0.3 is 10.6 Å². The van der Waals surface area contributed by atoms with Gasteiger partial charge in [-0.25, -0.2) is 0 Å². The first kappa shape index (κ1) is 28.2. The monoisotopic (exact) mass is 524 g/mol. The molecule has 2 aromatic rings. The predicted molar refractivity (Wildman–Crippen MR) is 164 cm³/mol. The van der Waals surface area contributed by atoms with Gasteiger partial charge in [-0.1, -0.05) is 111 Å². The average molecular weight is 525 g/mol. The van der Waals surface area contributed by atoms with Crippen molar-refractivity contribution in [1.29, 1.82) is 0 Å². The van der Waals surface area contributed by atoms with E-state index in [1.54, 1.807) is 5.56 Å². The molecule has 0 radical (unpaired) electrons. The molecule has 4 heteroatoms. The van der Waals surface area contributed by atoms with E-state index in [0.717, 1.165) is 0 Å². The fraction of sp³-hybridized carbons (Fsp3) is 0.625. The number of piperidine rings is 2. The molecule has 3 unspecified atom stereocenters. The third-order valence-electron chi connectivity index (χ3n) is 8.73. The summed E-state index contributed by atoms with van der Waals surface area (Å²) in [6.45, 7) is 16.9. The topological polar surface area (TPSA) is 24.1 Å². The molecule has 2 nitrogen and oxygen atoms in total. The smallest absolute Gasteiger partial charge is 0.0286 e. The van der Waals surface area contributed by atoms with Crippen LogP contribution in [0.25, 0.3) is 11.1 Å². The van der Waals surface area contributed by atoms with Gasteiger partial charge >= 0.3 is 0 Å². The maximum Gasteiger partial charge on any atom is 0.0286 e. The van der Waals surface area contributed by atoms with Gasteiger partial charge in [0.05, 0.1) is 0 Å². The van der Waals surface area contributed by atoms with Crippen molar-refractivity contribution in [1.82, 2.24) is 10.6 Å². The number of nitrogens with one attached hydrogen (secondary N) is 2. The predicted octanol–water partition coefficient (Wildman–Crippen LogP) is 8.70. The normalized spacial score (nSPS) is 22.9. The van der Waals surface area contributed by atoms with E-state index in [0.29, 0.717) is 11.6 Å². The molecule has 0 saturated carbocycles. The minimum Gasteiger partial charge on any atom is -0.310 e. The zero-order valence-corrected chi connectivity index (χ0v) is 25.7. The molecule has 2 aliphatic rings. The summed E-state index contributed by atoms with van der Waals surface area (Å²) in [5, 5.41) is 7.93. The first-order valence-corrected chi connectivity index (χ1v) is 16.5. The number of rotatable bonds is 6. The van der Waals surface area contributed by atoms with Crippen molar-refractivity contribution >= 4 is 17.2 Å². The molecule has 2 N–H and O–H groups in total. The molecule has 2 heterocycles. The van der Waals surface area contributed by atoms with Gasteiger partial charge in [0.2, 0.25) is 0 Å². The van der Waals surface area contributed by atoms with E-state index in [1.807, 2.05) is 0 Å². The number of benzene rings is 2. The van der Waals surface area contributed by atoms with Crippen molar-refractivity contribution in [2.75, 3.05) is 13.1 Å². The molecule has 0 bridgehead atoms. The van der Waals surface area contributed by atoms with Crippen LogP contribution in [0.15, 0.2) is 48.5 Å². The van der Waals surface area contributed by atoms with E-state index >= 15 is 0 Å². The van der Waals surface area contributed by atoms with Crippen molar-refractivity contribution in [3.8, 4) is 11.1 Å². The number of hydrogen-bond donors (Lipinski definition) is 2. The first-order chi connectivity index (χ1) is 17.0. The number of hydrogen-bond acceptors (Lipinski definition) is 2. The van der Waals surface area contributed by atoms with Gasteiger partial charge in [0.15, 0.2) is 0 Å². The van der Waals surface area contributed by atoms with Crippen molar-refractivity contribution < 1.29 is 0 Å². The van der Waals surface area contributed by atoms with Gasteiger partial charge in [-0.15, -0.1) is 9.24 Å². The Bertz CT molecular complexity index is 945. The standard InChI is InChI=1S/C32H50N2P2/c1-30(2,3)32(35,31(4,5)6)27-19-18-25(24-14-8-7-9-15-24)22-26(27)23-36(28-16-10-12-20-33-28)29-17-11-13-21-34-29/h7-9,14-15,18-19,22,28-29,33-34H,10-13,16-17,20-21,23,35H2,1-6H3. The second-order valence-corrected chi connectivity index (χ2v) is 16.6. The quantitative estimate of drug-likeness (QED) is 0.369. The minimum atomic E-state index is -0.221. The highest BCUT2D eigenvalue weighted by atomic mass is 31.1. The van der Waals surface area contributed by atoms with Gasteiger partial charge in [-0.2, -0.15) is 0 Å². The second-order valence-electron chi connectivity index (χ2n) is 13.1. The highest BCUT2D eigenvalue weighted by Crippen LogP contribution is 2.61. The summed E-state index contributed by atoms with van der Waals surface area (Å²) in [5.74, 6) is 1.33. The zero-order valence-electron chi connectivity index (χ0n) is 23.7. The Kier molecular flexibility index (Phi) is 9.05. The van der Waals surface area contributed by atoms with Gasteiger partial charge in [-0.3, -0.25) is 0 Å². The molecule has 36 heavy (non-hydrogen) atoms. The maximum absolute atomic E-state index is 3.99. The fourth-order valence-corrected chi connectivity index (χ4v) is 10.3. The lowest BCUT2D eigenvalue weighted by atomic mass is 9.61. The molecule has 0 aromatic heterocycles. The van der Waals surface area contributed by atoms with Crippen LogP contribution in [-0.2, 0) is 11.3 Å². The Balaban J connectivity index is 1.84. The molecule has 4 rings (SSSR count). The van der Waals surface area contributed by atoms with E-state index in [4.69, 9.17) is 0 Å². The Morgan fingerprint density at radius 2 is 1.31 bits per heavy atom. The Labute approximate surface area is 225 Å². The van der Waals surface area contributed by atoms with E-state index in [1.165, 1.54) is 74.5 Å². The van der Waals surface area contributed by atoms with E-state index in [-0.39, 0.29) is 23.9 Å². The lowest BCUT2D eigenvalue weighted by molar-refractivity contribution is 0.139. The molecule has 3 atom stereocenters. The summed E-state index contributed by atoms with van der Waals surface area (Å²) in [4.78, 5) is 0. The van der Waals surface area contributed by atoms with Gasteiger partial charge in [0, 0.05) is 16.7 Å². The van der Waals surface area contributed by atoms with Crippen LogP contribution in [-0.4, -0.2) is 24.7 Å². The summed E-state index contributed by atoms with van der Waals surface area (Å²) in [5.41, 5.74) is 5.99. The van der Waals surface area contributed by atoms with Crippen molar-refractivity contribution in [2.24, 2.45) is 10.8 Å². The van der Waals surface area contributed by atoms with Crippen LogP contribution in [0, 0.1) is 10.8 Å². The van der Waals surface area contributed by atoms with E-state index in [2.05, 4.69) is 110 Å². The highest BCUT2D eigenvalue weighted by Gasteiger charge is 2.49. The molecule has 2 aromatic carbocycles. The molecule has 0 amide bonds. The molecule has 0 aliphatic carbocycles. The molecule has 2 aliphatic heterocycles. The van der Waals surface area contributed by atoms with Crippen LogP contribution >= 0.6 is 17.2 Å². The van der Waals surface area contributed by atoms with Crippen LogP contribution in [0.2, 0.25) is 0 Å². The van der Waals surface area contributed by atoms with Crippen LogP contribution < -0.4 is 10.6 Å². The molecule has 2 saturated heterocycles. The van der Waals surface area contributed by atoms with Gasteiger partial charge in [0.25, 0.3) is 0 Å². The largest absolute Gasteiger partial charge is 0.310 e. The lowest BCUT2D eigenvalue weighted by Gasteiger charge is -2.53. The Morgan fingerprint density at radius 1 is 0.750 bits per heavy atom. The maximum atomic E-state index is 3.99. The Morgan fingerprint density at radius 3 is 1.78 bits per heavy atom. The Hall–Kier alpha value is -0.780. The summed E-state index contributed by atoms with van der Waals surface area (Å²) >= 11 is 0. The van der Waals surface area contributed by atoms with Crippen molar-refractivity contribution in [3.63, 3.8) is 0 Å². The third-order valence-corrected chi connectivity index (χ3v) is 14.0. The van der Waals surface area contributed by atoms with Crippen LogP contribution in [0.1, 0.15) is 91.2 Å². The minimum absolute atomic E-state index is 0.0362. The molecular formula is C32H50N2P2. The molecule has 0 spiro atoms. The third kappa shape index (κ3) is 5.94. The summed E-state index contributed by atoms with van der Waals surface area (Å²) < 4.78 is 0. The molecule has 198 valence electrons. The average Bonchev–Trinajstić information content (AvgIpc) is 2.87. The summed E-state index contributed by atoms with van der Waals surface area (Å²) in [6.07, 6.45) is 9.27. The first-order valence-electron chi connectivity index (χ1n) is 14.2. The molecular weight excluding hydrogens is 474 g/mol. The van der Waals surface area contributed by atoms with Crippen LogP contribution in [0.3, 0.4) is 0 Å². The summed E-state index contributed by atoms with van der Waals surface area (Å²) in [7, 11) is 3.15. The second kappa shape index (κ2) is 11.5. The van der Waals surface area contributed by atoms with Crippen molar-refractivity contribution in [3.05, 3.63) is 59.7 Å². The molecule has 2 fully saturated rings. The highest BCUT2D eigenvalue weighted by molar-refractivity contribution is 7.58. The summed E-state index contributed by atoms with van der Waals surface area (Å²) in [6, 6.07) is 18.4. The van der Waals surface area contributed by atoms with Gasteiger partial charge in [0.1, 0.15) is 0 Å².